The summed E-state index contributed by atoms with van der Waals surface area (Å²) < 4.78 is 48.2. The molecular weight excluding hydrogens is 343 g/mol. The number of nitrogens with one attached hydrogen (secondary N) is 1. The van der Waals surface area contributed by atoms with Gasteiger partial charge in [-0.15, -0.1) is 0 Å². The second kappa shape index (κ2) is 6.23. The predicted octanol–water partition coefficient (Wildman–Crippen LogP) is -0.712. The number of aromatic nitrogens is 2. The molecule has 1 aromatic heterocycles. The highest BCUT2D eigenvalue weighted by molar-refractivity contribution is 7.46. The zero-order chi connectivity index (χ0) is 17.4. The molecule has 2 heterocycles. The molecule has 3 atom stereocenters. The van der Waals surface area contributed by atoms with Crippen LogP contribution in [0.2, 0.25) is 0 Å². The first-order chi connectivity index (χ1) is 10.6. The minimum absolute atomic E-state index is 0.148. The van der Waals surface area contributed by atoms with Gasteiger partial charge >= 0.3 is 19.4 Å². The van der Waals surface area contributed by atoms with E-state index >= 15 is 0 Å². The highest BCUT2D eigenvalue weighted by atomic mass is 31.2. The zero-order valence-corrected chi connectivity index (χ0v) is 12.6. The van der Waals surface area contributed by atoms with Crippen LogP contribution in [0.5, 0.6) is 0 Å². The van der Waals surface area contributed by atoms with Crippen LogP contribution in [0.25, 0.3) is 0 Å². The molecule has 23 heavy (non-hydrogen) atoms. The van der Waals surface area contributed by atoms with E-state index in [2.05, 4.69) is 14.8 Å². The first kappa shape index (κ1) is 17.9. The topological polar surface area (TPSA) is 143 Å². The van der Waals surface area contributed by atoms with Gasteiger partial charge in [0.2, 0.25) is 6.23 Å². The second-order valence-electron chi connectivity index (χ2n) is 4.69. The lowest BCUT2D eigenvalue weighted by atomic mass is 10.1. The molecule has 13 heteroatoms. The summed E-state index contributed by atoms with van der Waals surface area (Å²) in [5.41, 5.74) is -1.05. The van der Waals surface area contributed by atoms with Gasteiger partial charge in [0.05, 0.1) is 6.61 Å². The number of nitrogens with zero attached hydrogens (tertiary/aromatic N) is 2. The minimum Gasteiger partial charge on any atom is -0.384 e. The van der Waals surface area contributed by atoms with E-state index in [0.29, 0.717) is 4.57 Å². The van der Waals surface area contributed by atoms with Crippen LogP contribution in [0.1, 0.15) is 6.23 Å². The van der Waals surface area contributed by atoms with Crippen LogP contribution in [0.3, 0.4) is 0 Å². The molecule has 0 bridgehead atoms. The van der Waals surface area contributed by atoms with Gasteiger partial charge in [-0.2, -0.15) is 13.8 Å². The Morgan fingerprint density at radius 1 is 1.57 bits per heavy atom. The first-order valence-corrected chi connectivity index (χ1v) is 7.77. The Balaban J connectivity index is 2.26. The maximum absolute atomic E-state index is 14.1. The quantitative estimate of drug-likeness (QED) is 0.502. The summed E-state index contributed by atoms with van der Waals surface area (Å²) >= 11 is 0. The number of halogens is 2. The van der Waals surface area contributed by atoms with Crippen molar-refractivity contribution in [2.75, 3.05) is 19.0 Å². The molecule has 2 unspecified atom stereocenters. The SMILES string of the molecule is CNc1ccn(C2OC(COP(=O)(O)O)[C@@H](O)C2(F)F)c(=O)n1. The first-order valence-electron chi connectivity index (χ1n) is 6.24. The third-order valence-electron chi connectivity index (χ3n) is 3.13. The van der Waals surface area contributed by atoms with Crippen molar-refractivity contribution in [2.45, 2.75) is 24.4 Å². The molecule has 0 spiro atoms. The van der Waals surface area contributed by atoms with E-state index in [1.807, 2.05) is 0 Å². The molecule has 1 fully saturated rings. The van der Waals surface area contributed by atoms with Crippen LogP contribution in [0.4, 0.5) is 14.6 Å². The van der Waals surface area contributed by atoms with Crippen LogP contribution in [0, 0.1) is 0 Å². The lowest BCUT2D eigenvalue weighted by Gasteiger charge is -2.21. The average Bonchev–Trinajstić information content (AvgIpc) is 2.67. The van der Waals surface area contributed by atoms with Crippen molar-refractivity contribution in [1.82, 2.24) is 9.55 Å². The summed E-state index contributed by atoms with van der Waals surface area (Å²) in [7, 11) is -3.45. The smallest absolute Gasteiger partial charge is 0.384 e. The Morgan fingerprint density at radius 2 is 2.22 bits per heavy atom. The number of aliphatic hydroxyl groups excluding tert-OH is 1. The van der Waals surface area contributed by atoms with E-state index < -0.39 is 44.5 Å². The molecule has 0 amide bonds. The van der Waals surface area contributed by atoms with E-state index in [9.17, 15) is 23.2 Å². The molecule has 2 rings (SSSR count). The molecule has 130 valence electrons. The summed E-state index contributed by atoms with van der Waals surface area (Å²) in [4.78, 5) is 32.4. The Morgan fingerprint density at radius 3 is 2.74 bits per heavy atom. The summed E-state index contributed by atoms with van der Waals surface area (Å²) in [6, 6.07) is 1.24. The number of anilines is 1. The fourth-order valence-electron chi connectivity index (χ4n) is 2.01. The van der Waals surface area contributed by atoms with E-state index in [4.69, 9.17) is 14.5 Å². The third kappa shape index (κ3) is 3.74. The number of rotatable bonds is 5. The van der Waals surface area contributed by atoms with E-state index in [1.165, 1.54) is 13.1 Å². The fourth-order valence-corrected chi connectivity index (χ4v) is 2.35. The zero-order valence-electron chi connectivity index (χ0n) is 11.7. The average molecular weight is 357 g/mol. The van der Waals surface area contributed by atoms with Crippen molar-refractivity contribution < 1.29 is 37.5 Å². The summed E-state index contributed by atoms with van der Waals surface area (Å²) in [5.74, 6) is -3.75. The van der Waals surface area contributed by atoms with Crippen molar-refractivity contribution in [3.05, 3.63) is 22.7 Å². The van der Waals surface area contributed by atoms with Gasteiger partial charge in [0.25, 0.3) is 0 Å². The second-order valence-corrected chi connectivity index (χ2v) is 5.92. The minimum atomic E-state index is -4.92. The van der Waals surface area contributed by atoms with Crippen molar-refractivity contribution in [3.8, 4) is 0 Å². The van der Waals surface area contributed by atoms with Crippen molar-refractivity contribution in [3.63, 3.8) is 0 Å². The van der Waals surface area contributed by atoms with Crippen LogP contribution >= 0.6 is 7.82 Å². The molecular formula is C10H14F2N3O7P. The number of hydrogen-bond donors (Lipinski definition) is 4. The summed E-state index contributed by atoms with van der Waals surface area (Å²) in [5, 5.41) is 12.1. The van der Waals surface area contributed by atoms with Crippen LogP contribution in [-0.4, -0.2) is 56.2 Å². The molecule has 0 radical (unpaired) electrons. The molecule has 0 saturated carbocycles. The molecule has 1 aromatic rings. The maximum Gasteiger partial charge on any atom is 0.469 e. The van der Waals surface area contributed by atoms with E-state index in [1.54, 1.807) is 0 Å². The van der Waals surface area contributed by atoms with Crippen LogP contribution in [0.15, 0.2) is 17.1 Å². The Bertz CT molecular complexity index is 679. The van der Waals surface area contributed by atoms with Gasteiger partial charge in [-0.25, -0.2) is 9.36 Å². The maximum atomic E-state index is 14.1. The summed E-state index contributed by atoms with van der Waals surface area (Å²) in [6.07, 6.45) is -5.35. The van der Waals surface area contributed by atoms with Crippen molar-refractivity contribution in [1.29, 1.82) is 0 Å². The third-order valence-corrected chi connectivity index (χ3v) is 3.61. The normalized spacial score (nSPS) is 27.1. The standard InChI is InChI=1S/C10H14F2N3O7P/c1-13-6-2-3-15(9(17)14-6)8-10(11,12)7(16)5(22-8)4-21-23(18,19)20/h2-3,5,7-8,16H,4H2,1H3,(H,13,14,17)(H2,18,19,20)/t5?,7-,8?/m1/s1. The van der Waals surface area contributed by atoms with Gasteiger partial charge in [-0.3, -0.25) is 9.09 Å². The number of ether oxygens (including phenoxy) is 1. The molecule has 1 aliphatic heterocycles. The molecule has 4 N–H and O–H groups in total. The Hall–Kier alpha value is -1.43. The molecule has 10 nitrogen and oxygen atoms in total. The van der Waals surface area contributed by atoms with Gasteiger partial charge in [0.1, 0.15) is 11.9 Å². The van der Waals surface area contributed by atoms with Crippen LogP contribution < -0.4 is 11.0 Å². The lowest BCUT2D eigenvalue weighted by Crippen LogP contribution is -2.41. The monoisotopic (exact) mass is 357 g/mol. The molecule has 0 aliphatic carbocycles. The molecule has 1 saturated heterocycles. The number of phosphoric acid groups is 1. The van der Waals surface area contributed by atoms with Gasteiger partial charge in [-0.1, -0.05) is 0 Å². The van der Waals surface area contributed by atoms with Gasteiger partial charge in [0, 0.05) is 13.2 Å². The highest BCUT2D eigenvalue weighted by Crippen LogP contribution is 2.44. The van der Waals surface area contributed by atoms with Crippen molar-refractivity contribution in [2.24, 2.45) is 0 Å². The molecule has 0 aromatic carbocycles. The van der Waals surface area contributed by atoms with E-state index in [-0.39, 0.29) is 5.82 Å². The number of aliphatic hydroxyl groups is 1. The Kier molecular flexibility index (Phi) is 4.85. The predicted molar refractivity (Wildman–Crippen MR) is 70.9 cm³/mol. The number of phosphoric ester groups is 1. The van der Waals surface area contributed by atoms with Gasteiger partial charge in [-0.05, 0) is 6.07 Å². The Labute approximate surface area is 127 Å². The highest BCUT2D eigenvalue weighted by Gasteiger charge is 2.60. The molecule has 1 aliphatic rings. The lowest BCUT2D eigenvalue weighted by molar-refractivity contribution is -0.140. The number of alkyl halides is 2. The summed E-state index contributed by atoms with van der Waals surface area (Å²) in [6.45, 7) is -0.978. The largest absolute Gasteiger partial charge is 0.469 e. The van der Waals surface area contributed by atoms with Gasteiger partial charge < -0.3 is 24.9 Å². The number of hydrogen-bond acceptors (Lipinski definition) is 7. The fraction of sp³-hybridized carbons (Fsp3) is 0.600. The van der Waals surface area contributed by atoms with E-state index in [0.717, 1.165) is 6.20 Å². The van der Waals surface area contributed by atoms with Crippen molar-refractivity contribution >= 4 is 13.6 Å². The van der Waals surface area contributed by atoms with Gasteiger partial charge in [0.15, 0.2) is 6.10 Å². The van der Waals surface area contributed by atoms with Crippen LogP contribution in [-0.2, 0) is 13.8 Å².